The fourth-order valence-corrected chi connectivity index (χ4v) is 2.29. The van der Waals surface area contributed by atoms with Crippen molar-refractivity contribution < 1.29 is 5.11 Å². The molecule has 0 unspecified atom stereocenters. The molecule has 0 bridgehead atoms. The summed E-state index contributed by atoms with van der Waals surface area (Å²) in [5, 5.41) is 20.2. The van der Waals surface area contributed by atoms with E-state index in [1.54, 1.807) is 0 Å². The molecule has 0 aliphatic carbocycles. The molecule has 0 atom stereocenters. The number of aliphatic hydroxyl groups is 1. The molecule has 21 heavy (non-hydrogen) atoms. The van der Waals surface area contributed by atoms with Gasteiger partial charge in [0.2, 0.25) is 0 Å². The van der Waals surface area contributed by atoms with Crippen LogP contribution in [-0.4, -0.2) is 24.5 Å². The summed E-state index contributed by atoms with van der Waals surface area (Å²) in [4.78, 5) is 0. The third-order valence-corrected chi connectivity index (χ3v) is 3.49. The SMILES string of the molecule is CNCc1ccc(CC(=N)c2ccc(CCO)cc2)cc1. The van der Waals surface area contributed by atoms with E-state index in [9.17, 15) is 0 Å². The van der Waals surface area contributed by atoms with Gasteiger partial charge in [-0.25, -0.2) is 0 Å². The van der Waals surface area contributed by atoms with Crippen molar-refractivity contribution in [3.05, 3.63) is 70.8 Å². The predicted molar refractivity (Wildman–Crippen MR) is 87.0 cm³/mol. The van der Waals surface area contributed by atoms with Crippen molar-refractivity contribution in [3.8, 4) is 0 Å². The summed E-state index contributed by atoms with van der Waals surface area (Å²) in [5.74, 6) is 0. The number of benzene rings is 2. The van der Waals surface area contributed by atoms with Gasteiger partial charge in [-0.2, -0.15) is 0 Å². The Kier molecular flexibility index (Phi) is 5.67. The summed E-state index contributed by atoms with van der Waals surface area (Å²) in [6, 6.07) is 16.3. The summed E-state index contributed by atoms with van der Waals surface area (Å²) in [7, 11) is 1.93. The molecule has 3 N–H and O–H groups in total. The Labute approximate surface area is 126 Å². The number of hydrogen-bond acceptors (Lipinski definition) is 3. The maximum absolute atomic E-state index is 8.91. The highest BCUT2D eigenvalue weighted by Gasteiger charge is 2.04. The standard InChI is InChI=1S/C18H22N2O/c1-20-13-16-4-2-15(3-5-16)12-18(19)17-8-6-14(7-9-17)10-11-21/h2-9,19-21H,10-13H2,1H3. The molecule has 2 rings (SSSR count). The maximum atomic E-state index is 8.91. The lowest BCUT2D eigenvalue weighted by atomic mass is 10.00. The van der Waals surface area contributed by atoms with Gasteiger partial charge in [0.25, 0.3) is 0 Å². The average molecular weight is 282 g/mol. The minimum Gasteiger partial charge on any atom is -0.396 e. The van der Waals surface area contributed by atoms with Gasteiger partial charge in [0.15, 0.2) is 0 Å². The van der Waals surface area contributed by atoms with Gasteiger partial charge in [0.05, 0.1) is 0 Å². The normalized spacial score (nSPS) is 10.6. The average Bonchev–Trinajstić information content (AvgIpc) is 2.50. The fourth-order valence-electron chi connectivity index (χ4n) is 2.29. The Morgan fingerprint density at radius 1 is 0.952 bits per heavy atom. The third kappa shape index (κ3) is 4.52. The molecule has 0 radical (unpaired) electrons. The molecular formula is C18H22N2O. The molecule has 2 aromatic rings. The van der Waals surface area contributed by atoms with Gasteiger partial charge in [0, 0.05) is 25.3 Å². The van der Waals surface area contributed by atoms with E-state index in [2.05, 4.69) is 29.6 Å². The summed E-state index contributed by atoms with van der Waals surface area (Å²) in [6.45, 7) is 1.03. The Hall–Kier alpha value is -1.97. The van der Waals surface area contributed by atoms with E-state index < -0.39 is 0 Å². The molecule has 0 saturated heterocycles. The summed E-state index contributed by atoms with van der Waals surface area (Å²) in [5.41, 5.74) is 5.06. The first-order chi connectivity index (χ1) is 10.2. The van der Waals surface area contributed by atoms with Crippen LogP contribution >= 0.6 is 0 Å². The van der Waals surface area contributed by atoms with Crippen LogP contribution in [0.15, 0.2) is 48.5 Å². The molecular weight excluding hydrogens is 260 g/mol. The number of nitrogens with one attached hydrogen (secondary N) is 2. The molecule has 0 heterocycles. The van der Waals surface area contributed by atoms with Crippen LogP contribution < -0.4 is 5.32 Å². The third-order valence-electron chi connectivity index (χ3n) is 3.49. The van der Waals surface area contributed by atoms with E-state index in [1.165, 1.54) is 5.56 Å². The van der Waals surface area contributed by atoms with E-state index >= 15 is 0 Å². The van der Waals surface area contributed by atoms with Gasteiger partial charge in [-0.15, -0.1) is 0 Å². The van der Waals surface area contributed by atoms with Crippen LogP contribution in [0.1, 0.15) is 22.3 Å². The van der Waals surface area contributed by atoms with Crippen LogP contribution in [0.2, 0.25) is 0 Å². The topological polar surface area (TPSA) is 56.1 Å². The second-order valence-corrected chi connectivity index (χ2v) is 5.17. The smallest absolute Gasteiger partial charge is 0.0471 e. The van der Waals surface area contributed by atoms with E-state index in [-0.39, 0.29) is 6.61 Å². The molecule has 3 heteroatoms. The lowest BCUT2D eigenvalue weighted by Gasteiger charge is -2.07. The van der Waals surface area contributed by atoms with Gasteiger partial charge >= 0.3 is 0 Å². The van der Waals surface area contributed by atoms with Crippen molar-refractivity contribution in [1.82, 2.24) is 5.32 Å². The zero-order chi connectivity index (χ0) is 15.1. The Morgan fingerprint density at radius 3 is 2.10 bits per heavy atom. The molecule has 0 aliphatic rings. The quantitative estimate of drug-likeness (QED) is 0.684. The van der Waals surface area contributed by atoms with Gasteiger partial charge in [-0.1, -0.05) is 48.5 Å². The molecule has 0 amide bonds. The molecule has 0 saturated carbocycles. The van der Waals surface area contributed by atoms with Crippen LogP contribution in [0.4, 0.5) is 0 Å². The molecule has 0 fully saturated rings. The van der Waals surface area contributed by atoms with Crippen LogP contribution in [0.25, 0.3) is 0 Å². The van der Waals surface area contributed by atoms with Gasteiger partial charge < -0.3 is 15.8 Å². The highest BCUT2D eigenvalue weighted by atomic mass is 16.2. The predicted octanol–water partition coefficient (Wildman–Crippen LogP) is 2.55. The molecule has 110 valence electrons. The number of hydrogen-bond donors (Lipinski definition) is 3. The Morgan fingerprint density at radius 2 is 1.52 bits per heavy atom. The largest absolute Gasteiger partial charge is 0.396 e. The van der Waals surface area contributed by atoms with Crippen molar-refractivity contribution in [2.24, 2.45) is 0 Å². The van der Waals surface area contributed by atoms with Crippen molar-refractivity contribution in [1.29, 1.82) is 5.41 Å². The summed E-state index contributed by atoms with van der Waals surface area (Å²) < 4.78 is 0. The zero-order valence-electron chi connectivity index (χ0n) is 12.4. The van der Waals surface area contributed by atoms with Gasteiger partial charge in [-0.3, -0.25) is 0 Å². The van der Waals surface area contributed by atoms with E-state index in [0.29, 0.717) is 18.6 Å². The first kappa shape index (κ1) is 15.4. The van der Waals surface area contributed by atoms with E-state index in [4.69, 9.17) is 10.5 Å². The zero-order valence-corrected chi connectivity index (χ0v) is 12.4. The Balaban J connectivity index is 2.00. The maximum Gasteiger partial charge on any atom is 0.0471 e. The highest BCUT2D eigenvalue weighted by molar-refractivity contribution is 5.99. The fraction of sp³-hybridized carbons (Fsp3) is 0.278. The lowest BCUT2D eigenvalue weighted by Crippen LogP contribution is -2.06. The van der Waals surface area contributed by atoms with E-state index in [1.807, 2.05) is 31.3 Å². The van der Waals surface area contributed by atoms with Crippen molar-refractivity contribution >= 4 is 5.71 Å². The van der Waals surface area contributed by atoms with Gasteiger partial charge in [-0.05, 0) is 35.7 Å². The molecule has 0 spiro atoms. The molecule has 3 nitrogen and oxygen atoms in total. The molecule has 0 aliphatic heterocycles. The molecule has 0 aromatic heterocycles. The van der Waals surface area contributed by atoms with Crippen LogP contribution in [-0.2, 0) is 19.4 Å². The molecule has 2 aromatic carbocycles. The van der Waals surface area contributed by atoms with Crippen LogP contribution in [0, 0.1) is 5.41 Å². The van der Waals surface area contributed by atoms with Crippen LogP contribution in [0.3, 0.4) is 0 Å². The minimum absolute atomic E-state index is 0.162. The summed E-state index contributed by atoms with van der Waals surface area (Å²) in [6.07, 6.45) is 1.31. The van der Waals surface area contributed by atoms with E-state index in [0.717, 1.165) is 23.2 Å². The lowest BCUT2D eigenvalue weighted by molar-refractivity contribution is 0.299. The second-order valence-electron chi connectivity index (χ2n) is 5.17. The number of rotatable bonds is 7. The van der Waals surface area contributed by atoms with Crippen molar-refractivity contribution in [2.45, 2.75) is 19.4 Å². The van der Waals surface area contributed by atoms with Crippen LogP contribution in [0.5, 0.6) is 0 Å². The number of aliphatic hydroxyl groups excluding tert-OH is 1. The van der Waals surface area contributed by atoms with Crippen molar-refractivity contribution in [3.63, 3.8) is 0 Å². The monoisotopic (exact) mass is 282 g/mol. The minimum atomic E-state index is 0.162. The van der Waals surface area contributed by atoms with Crippen molar-refractivity contribution in [2.75, 3.05) is 13.7 Å². The highest BCUT2D eigenvalue weighted by Crippen LogP contribution is 2.11. The first-order valence-electron chi connectivity index (χ1n) is 7.23. The summed E-state index contributed by atoms with van der Waals surface area (Å²) >= 11 is 0. The van der Waals surface area contributed by atoms with Gasteiger partial charge in [0.1, 0.15) is 0 Å². The first-order valence-corrected chi connectivity index (χ1v) is 7.23. The Bertz CT molecular complexity index is 573. The second kappa shape index (κ2) is 7.72.